The van der Waals surface area contributed by atoms with Crippen molar-refractivity contribution in [3.05, 3.63) is 29.8 Å². The number of likely N-dealkylation sites (N-methyl/N-ethyl adjacent to an activating group) is 1. The second-order valence-corrected chi connectivity index (χ2v) is 6.57. The molecule has 4 nitrogen and oxygen atoms in total. The summed E-state index contributed by atoms with van der Waals surface area (Å²) in [4.78, 5) is 2.13. The van der Waals surface area contributed by atoms with E-state index in [1.807, 2.05) is 31.3 Å². The van der Waals surface area contributed by atoms with Crippen LogP contribution in [0.5, 0.6) is 5.75 Å². The lowest BCUT2D eigenvalue weighted by Crippen LogP contribution is -2.37. The van der Waals surface area contributed by atoms with Crippen molar-refractivity contribution in [1.29, 1.82) is 0 Å². The van der Waals surface area contributed by atoms with Gasteiger partial charge in [-0.25, -0.2) is 0 Å². The monoisotopic (exact) mass is 280 g/mol. The third-order valence-corrected chi connectivity index (χ3v) is 2.84. The van der Waals surface area contributed by atoms with E-state index in [-0.39, 0.29) is 5.41 Å². The molecular formula is C16H28N2O2. The van der Waals surface area contributed by atoms with Crippen molar-refractivity contribution in [2.24, 2.45) is 11.1 Å². The number of aliphatic hydroxyl groups excluding tert-OH is 1. The Morgan fingerprint density at radius 3 is 2.65 bits per heavy atom. The first-order valence-corrected chi connectivity index (χ1v) is 7.08. The van der Waals surface area contributed by atoms with Crippen LogP contribution in [0.2, 0.25) is 0 Å². The van der Waals surface area contributed by atoms with Crippen LogP contribution in [-0.2, 0) is 6.54 Å². The zero-order chi connectivity index (χ0) is 15.2. The minimum atomic E-state index is -0.496. The average molecular weight is 280 g/mol. The average Bonchev–Trinajstić information content (AvgIpc) is 2.34. The van der Waals surface area contributed by atoms with E-state index in [0.717, 1.165) is 17.9 Å². The minimum absolute atomic E-state index is 0.227. The van der Waals surface area contributed by atoms with Crippen LogP contribution in [0.25, 0.3) is 0 Å². The normalized spacial score (nSPS) is 13.6. The topological polar surface area (TPSA) is 58.7 Å². The maximum atomic E-state index is 10.0. The van der Waals surface area contributed by atoms with E-state index in [9.17, 15) is 5.11 Å². The van der Waals surface area contributed by atoms with Crippen LogP contribution in [0.3, 0.4) is 0 Å². The largest absolute Gasteiger partial charge is 0.491 e. The lowest BCUT2D eigenvalue weighted by Gasteiger charge is -2.28. The second kappa shape index (κ2) is 7.62. The zero-order valence-electron chi connectivity index (χ0n) is 13.1. The molecule has 1 atom stereocenters. The lowest BCUT2D eigenvalue weighted by molar-refractivity contribution is 0.0667. The molecule has 0 aromatic heterocycles. The summed E-state index contributed by atoms with van der Waals surface area (Å²) < 4.78 is 5.61. The van der Waals surface area contributed by atoms with Crippen molar-refractivity contribution in [2.45, 2.75) is 33.4 Å². The first kappa shape index (κ1) is 17.0. The standard InChI is InChI=1S/C16H28N2O2/c1-16(2,3)12-18(4)10-14(19)11-20-15-7-5-6-13(8-15)9-17/h5-8,14,19H,9-12,17H2,1-4H3. The van der Waals surface area contributed by atoms with E-state index in [2.05, 4.69) is 25.7 Å². The van der Waals surface area contributed by atoms with Gasteiger partial charge in [-0.05, 0) is 30.2 Å². The van der Waals surface area contributed by atoms with Gasteiger partial charge in [-0.3, -0.25) is 0 Å². The maximum absolute atomic E-state index is 10.0. The van der Waals surface area contributed by atoms with Gasteiger partial charge >= 0.3 is 0 Å². The van der Waals surface area contributed by atoms with Gasteiger partial charge in [-0.15, -0.1) is 0 Å². The van der Waals surface area contributed by atoms with Gasteiger partial charge in [0.25, 0.3) is 0 Å². The molecule has 1 aromatic carbocycles. The van der Waals surface area contributed by atoms with Gasteiger partial charge in [0.2, 0.25) is 0 Å². The molecule has 3 N–H and O–H groups in total. The van der Waals surface area contributed by atoms with Gasteiger partial charge in [0.05, 0.1) is 0 Å². The Morgan fingerprint density at radius 2 is 2.05 bits per heavy atom. The molecule has 20 heavy (non-hydrogen) atoms. The molecule has 0 aliphatic carbocycles. The number of nitrogens with two attached hydrogens (primary N) is 1. The predicted octanol–water partition coefficient (Wildman–Crippen LogP) is 1.86. The summed E-state index contributed by atoms with van der Waals surface area (Å²) >= 11 is 0. The highest BCUT2D eigenvalue weighted by molar-refractivity contribution is 5.28. The first-order chi connectivity index (χ1) is 9.30. The number of rotatable bonds is 7. The van der Waals surface area contributed by atoms with Gasteiger partial charge in [0.1, 0.15) is 18.5 Å². The van der Waals surface area contributed by atoms with Crippen LogP contribution in [0.15, 0.2) is 24.3 Å². The Bertz CT molecular complexity index is 402. The minimum Gasteiger partial charge on any atom is -0.491 e. The third kappa shape index (κ3) is 6.89. The molecule has 0 heterocycles. The molecule has 0 aliphatic heterocycles. The van der Waals surface area contributed by atoms with E-state index in [0.29, 0.717) is 19.7 Å². The summed E-state index contributed by atoms with van der Waals surface area (Å²) in [6.07, 6.45) is -0.496. The van der Waals surface area contributed by atoms with Crippen molar-refractivity contribution in [2.75, 3.05) is 26.7 Å². The van der Waals surface area contributed by atoms with Crippen molar-refractivity contribution in [3.63, 3.8) is 0 Å². The molecule has 0 saturated heterocycles. The van der Waals surface area contributed by atoms with E-state index < -0.39 is 6.10 Å². The van der Waals surface area contributed by atoms with Gasteiger partial charge in [-0.1, -0.05) is 32.9 Å². The molecular weight excluding hydrogens is 252 g/mol. The van der Waals surface area contributed by atoms with E-state index >= 15 is 0 Å². The van der Waals surface area contributed by atoms with Crippen LogP contribution in [-0.4, -0.2) is 42.9 Å². The predicted molar refractivity (Wildman–Crippen MR) is 82.8 cm³/mol. The quantitative estimate of drug-likeness (QED) is 0.800. The molecule has 0 amide bonds. The highest BCUT2D eigenvalue weighted by Crippen LogP contribution is 2.15. The molecule has 1 aromatic rings. The van der Waals surface area contributed by atoms with Crippen LogP contribution in [0.1, 0.15) is 26.3 Å². The number of hydrogen-bond acceptors (Lipinski definition) is 4. The zero-order valence-corrected chi connectivity index (χ0v) is 13.1. The fourth-order valence-electron chi connectivity index (χ4n) is 2.24. The second-order valence-electron chi connectivity index (χ2n) is 6.57. The number of ether oxygens (including phenoxy) is 1. The number of hydrogen-bond donors (Lipinski definition) is 2. The Balaban J connectivity index is 2.37. The maximum Gasteiger partial charge on any atom is 0.119 e. The number of nitrogens with zero attached hydrogens (tertiary/aromatic N) is 1. The van der Waals surface area contributed by atoms with Gasteiger partial charge in [0.15, 0.2) is 0 Å². The highest BCUT2D eigenvalue weighted by Gasteiger charge is 2.16. The molecule has 0 saturated carbocycles. The van der Waals surface area contributed by atoms with Crippen LogP contribution in [0, 0.1) is 5.41 Å². The summed E-state index contributed by atoms with van der Waals surface area (Å²) in [6.45, 7) is 8.89. The highest BCUT2D eigenvalue weighted by atomic mass is 16.5. The Kier molecular flexibility index (Phi) is 6.46. The summed E-state index contributed by atoms with van der Waals surface area (Å²) in [6, 6.07) is 7.66. The Labute approximate surface area is 122 Å². The summed E-state index contributed by atoms with van der Waals surface area (Å²) in [5.74, 6) is 0.755. The molecule has 4 heteroatoms. The first-order valence-electron chi connectivity index (χ1n) is 7.08. The molecule has 1 rings (SSSR count). The van der Waals surface area contributed by atoms with Crippen molar-refractivity contribution < 1.29 is 9.84 Å². The molecule has 0 aliphatic rings. The third-order valence-electron chi connectivity index (χ3n) is 2.84. The van der Waals surface area contributed by atoms with Crippen molar-refractivity contribution in [3.8, 4) is 5.75 Å². The summed E-state index contributed by atoms with van der Waals surface area (Å²) in [5.41, 5.74) is 6.84. The fraction of sp³-hybridized carbons (Fsp3) is 0.625. The van der Waals surface area contributed by atoms with Crippen LogP contribution >= 0.6 is 0 Å². The van der Waals surface area contributed by atoms with Crippen LogP contribution < -0.4 is 10.5 Å². The van der Waals surface area contributed by atoms with Gasteiger partial charge < -0.3 is 20.5 Å². The summed E-state index contributed by atoms with van der Waals surface area (Å²) in [7, 11) is 2.02. The molecule has 0 bridgehead atoms. The summed E-state index contributed by atoms with van der Waals surface area (Å²) in [5, 5.41) is 10.0. The smallest absolute Gasteiger partial charge is 0.119 e. The van der Waals surface area contributed by atoms with Gasteiger partial charge in [0, 0.05) is 19.6 Å². The van der Waals surface area contributed by atoms with E-state index in [1.54, 1.807) is 0 Å². The fourth-order valence-corrected chi connectivity index (χ4v) is 2.24. The Morgan fingerprint density at radius 1 is 1.35 bits per heavy atom. The molecule has 0 fully saturated rings. The molecule has 0 radical (unpaired) electrons. The molecule has 0 spiro atoms. The van der Waals surface area contributed by atoms with Crippen molar-refractivity contribution >= 4 is 0 Å². The lowest BCUT2D eigenvalue weighted by atomic mass is 9.96. The van der Waals surface area contributed by atoms with Crippen molar-refractivity contribution in [1.82, 2.24) is 4.90 Å². The SMILES string of the molecule is CN(CC(O)COc1cccc(CN)c1)CC(C)(C)C. The molecule has 114 valence electrons. The van der Waals surface area contributed by atoms with E-state index in [4.69, 9.17) is 10.5 Å². The van der Waals surface area contributed by atoms with Gasteiger partial charge in [-0.2, -0.15) is 0 Å². The van der Waals surface area contributed by atoms with Crippen LogP contribution in [0.4, 0.5) is 0 Å². The number of aliphatic hydroxyl groups is 1. The Hall–Kier alpha value is -1.10. The molecule has 1 unspecified atom stereocenters. The number of benzene rings is 1. The van der Waals surface area contributed by atoms with E-state index in [1.165, 1.54) is 0 Å².